The Labute approximate surface area is 154 Å². The maximum atomic E-state index is 12.8. The van der Waals surface area contributed by atoms with Gasteiger partial charge in [-0.1, -0.05) is 24.3 Å². The van der Waals surface area contributed by atoms with Gasteiger partial charge in [0.1, 0.15) is 5.75 Å². The predicted molar refractivity (Wildman–Crippen MR) is 98.6 cm³/mol. The summed E-state index contributed by atoms with van der Waals surface area (Å²) >= 11 is 0. The Kier molecular flexibility index (Phi) is 3.93. The van der Waals surface area contributed by atoms with Gasteiger partial charge in [-0.05, 0) is 24.4 Å². The zero-order valence-electron chi connectivity index (χ0n) is 14.4. The number of imide groups is 1. The van der Waals surface area contributed by atoms with Gasteiger partial charge in [0.2, 0.25) is 0 Å². The van der Waals surface area contributed by atoms with Gasteiger partial charge in [-0.25, -0.2) is 0 Å². The van der Waals surface area contributed by atoms with E-state index in [2.05, 4.69) is 10.1 Å². The second kappa shape index (κ2) is 6.30. The number of rotatable bonds is 3. The molecule has 0 fully saturated rings. The van der Waals surface area contributed by atoms with Crippen LogP contribution in [-0.4, -0.2) is 38.2 Å². The van der Waals surface area contributed by atoms with E-state index in [4.69, 9.17) is 0 Å². The highest BCUT2D eigenvalue weighted by molar-refractivity contribution is 6.25. The fraction of sp³-hybridized carbons (Fsp3) is 0.100. The van der Waals surface area contributed by atoms with Crippen LogP contribution in [0.15, 0.2) is 47.7 Å². The van der Waals surface area contributed by atoms with Crippen molar-refractivity contribution in [3.05, 3.63) is 70.5 Å². The highest BCUT2D eigenvalue weighted by Gasteiger charge is 2.32. The van der Waals surface area contributed by atoms with Crippen LogP contribution in [0.5, 0.6) is 5.75 Å². The zero-order chi connectivity index (χ0) is 19.1. The Hall–Kier alpha value is -3.58. The minimum atomic E-state index is -0.545. The molecule has 2 N–H and O–H groups in total. The summed E-state index contributed by atoms with van der Waals surface area (Å²) < 4.78 is 0. The molecule has 0 saturated heterocycles. The SMILES string of the molecule is Cc1ncc(CO)c(/C=N/N2C(=O)c3cccc4cccc(c34)C2=O)c1O. The number of aromatic hydroxyl groups is 1. The minimum Gasteiger partial charge on any atom is -0.505 e. The molecular formula is C20H15N3O4. The first-order valence-corrected chi connectivity index (χ1v) is 8.25. The van der Waals surface area contributed by atoms with Crippen LogP contribution in [0.1, 0.15) is 37.5 Å². The molecule has 7 nitrogen and oxygen atoms in total. The molecule has 1 aliphatic heterocycles. The topological polar surface area (TPSA) is 103 Å². The Bertz CT molecular complexity index is 1090. The summed E-state index contributed by atoms with van der Waals surface area (Å²) in [7, 11) is 0. The molecule has 2 amide bonds. The number of amides is 2. The van der Waals surface area contributed by atoms with Crippen LogP contribution in [0.2, 0.25) is 0 Å². The summed E-state index contributed by atoms with van der Waals surface area (Å²) in [6, 6.07) is 10.5. The van der Waals surface area contributed by atoms with E-state index in [9.17, 15) is 19.8 Å². The van der Waals surface area contributed by atoms with Crippen molar-refractivity contribution in [3.8, 4) is 5.75 Å². The van der Waals surface area contributed by atoms with Gasteiger partial charge in [-0.3, -0.25) is 14.6 Å². The monoisotopic (exact) mass is 361 g/mol. The lowest BCUT2D eigenvalue weighted by Gasteiger charge is -2.23. The van der Waals surface area contributed by atoms with Crippen molar-refractivity contribution in [2.24, 2.45) is 5.10 Å². The molecule has 0 radical (unpaired) electrons. The third-order valence-electron chi connectivity index (χ3n) is 4.58. The van der Waals surface area contributed by atoms with Crippen molar-refractivity contribution in [3.63, 3.8) is 0 Å². The fourth-order valence-electron chi connectivity index (χ4n) is 3.16. The van der Waals surface area contributed by atoms with E-state index >= 15 is 0 Å². The fourth-order valence-corrected chi connectivity index (χ4v) is 3.16. The summed E-state index contributed by atoms with van der Waals surface area (Å²) in [6.07, 6.45) is 2.60. The molecule has 0 unspecified atom stereocenters. The van der Waals surface area contributed by atoms with Crippen molar-refractivity contribution < 1.29 is 19.8 Å². The van der Waals surface area contributed by atoms with Gasteiger partial charge in [0.05, 0.1) is 29.6 Å². The molecule has 3 aromatic rings. The van der Waals surface area contributed by atoms with Crippen LogP contribution < -0.4 is 0 Å². The second-order valence-electron chi connectivity index (χ2n) is 6.17. The predicted octanol–water partition coefficient (Wildman–Crippen LogP) is 2.37. The van der Waals surface area contributed by atoms with Crippen molar-refractivity contribution >= 4 is 28.8 Å². The molecule has 7 heteroatoms. The number of aliphatic hydroxyl groups excluding tert-OH is 1. The molecule has 1 aromatic heterocycles. The van der Waals surface area contributed by atoms with Gasteiger partial charge in [0.15, 0.2) is 0 Å². The van der Waals surface area contributed by atoms with E-state index in [-0.39, 0.29) is 17.9 Å². The molecule has 2 heterocycles. The Morgan fingerprint density at radius 1 is 1.11 bits per heavy atom. The standard InChI is InChI=1S/C20H15N3O4/c1-11-18(25)16(13(10-24)8-21-11)9-22-23-19(26)14-6-2-4-12-5-3-7-15(17(12)14)20(23)27/h2-9,24-25H,10H2,1H3/b22-9+. The van der Waals surface area contributed by atoms with E-state index < -0.39 is 11.8 Å². The second-order valence-corrected chi connectivity index (χ2v) is 6.17. The maximum Gasteiger partial charge on any atom is 0.282 e. The Morgan fingerprint density at radius 2 is 1.74 bits per heavy atom. The number of aliphatic hydroxyl groups is 1. The average Bonchev–Trinajstić information content (AvgIpc) is 2.69. The number of aryl methyl sites for hydroxylation is 1. The van der Waals surface area contributed by atoms with Crippen LogP contribution in [0, 0.1) is 6.92 Å². The van der Waals surface area contributed by atoms with Gasteiger partial charge >= 0.3 is 0 Å². The highest BCUT2D eigenvalue weighted by atomic mass is 16.3. The Balaban J connectivity index is 1.81. The van der Waals surface area contributed by atoms with Crippen molar-refractivity contribution in [1.29, 1.82) is 0 Å². The van der Waals surface area contributed by atoms with Gasteiger partial charge in [0, 0.05) is 22.7 Å². The van der Waals surface area contributed by atoms with Gasteiger partial charge in [0.25, 0.3) is 11.8 Å². The molecule has 4 rings (SSSR count). The molecule has 0 bridgehead atoms. The summed E-state index contributed by atoms with van der Waals surface area (Å²) in [6.45, 7) is 1.23. The largest absolute Gasteiger partial charge is 0.505 e. The number of hydrogen-bond donors (Lipinski definition) is 2. The number of aromatic nitrogens is 1. The number of pyridine rings is 1. The normalized spacial score (nSPS) is 13.8. The van der Waals surface area contributed by atoms with Crippen molar-refractivity contribution in [2.45, 2.75) is 13.5 Å². The van der Waals surface area contributed by atoms with Crippen molar-refractivity contribution in [1.82, 2.24) is 9.99 Å². The van der Waals surface area contributed by atoms with Crippen LogP contribution in [0.4, 0.5) is 0 Å². The van der Waals surface area contributed by atoms with E-state index in [1.165, 1.54) is 12.4 Å². The van der Waals surface area contributed by atoms with Gasteiger partial charge in [-0.2, -0.15) is 10.1 Å². The lowest BCUT2D eigenvalue weighted by atomic mass is 9.95. The minimum absolute atomic E-state index is 0.162. The van der Waals surface area contributed by atoms with Crippen molar-refractivity contribution in [2.75, 3.05) is 0 Å². The van der Waals surface area contributed by atoms with E-state index in [0.717, 1.165) is 10.4 Å². The molecule has 27 heavy (non-hydrogen) atoms. The first-order valence-electron chi connectivity index (χ1n) is 8.25. The summed E-state index contributed by atoms with van der Waals surface area (Å²) in [4.78, 5) is 29.6. The number of hydrazone groups is 1. The Morgan fingerprint density at radius 3 is 2.33 bits per heavy atom. The van der Waals surface area contributed by atoms with E-state index in [1.807, 2.05) is 12.1 Å². The quantitative estimate of drug-likeness (QED) is 0.551. The summed E-state index contributed by atoms with van der Waals surface area (Å²) in [5, 5.41) is 25.9. The molecule has 134 valence electrons. The van der Waals surface area contributed by atoms with Crippen LogP contribution in [0.3, 0.4) is 0 Å². The molecule has 2 aromatic carbocycles. The molecule has 0 atom stereocenters. The highest BCUT2D eigenvalue weighted by Crippen LogP contribution is 2.30. The lowest BCUT2D eigenvalue weighted by molar-refractivity contribution is 0.0616. The van der Waals surface area contributed by atoms with Gasteiger partial charge < -0.3 is 10.2 Å². The van der Waals surface area contributed by atoms with E-state index in [0.29, 0.717) is 27.8 Å². The lowest BCUT2D eigenvalue weighted by Crippen LogP contribution is -2.36. The summed E-state index contributed by atoms with van der Waals surface area (Å²) in [5.41, 5.74) is 1.67. The van der Waals surface area contributed by atoms with Crippen LogP contribution in [-0.2, 0) is 6.61 Å². The number of nitrogens with zero attached hydrogens (tertiary/aromatic N) is 3. The average molecular weight is 361 g/mol. The molecule has 0 saturated carbocycles. The number of carbonyl (C=O) groups is 2. The molecule has 0 spiro atoms. The first kappa shape index (κ1) is 16.9. The van der Waals surface area contributed by atoms with E-state index in [1.54, 1.807) is 31.2 Å². The third kappa shape index (κ3) is 2.56. The number of benzene rings is 2. The van der Waals surface area contributed by atoms with Gasteiger partial charge in [-0.15, -0.1) is 0 Å². The first-order chi connectivity index (χ1) is 13.0. The number of carbonyl (C=O) groups excluding carboxylic acids is 2. The maximum absolute atomic E-state index is 12.8. The number of hydrogen-bond acceptors (Lipinski definition) is 6. The zero-order valence-corrected chi connectivity index (χ0v) is 14.4. The van der Waals surface area contributed by atoms with Crippen LogP contribution in [0.25, 0.3) is 10.8 Å². The summed E-state index contributed by atoms with van der Waals surface area (Å²) in [5.74, 6) is -1.25. The molecule has 1 aliphatic rings. The molecule has 0 aliphatic carbocycles. The van der Waals surface area contributed by atoms with Crippen LogP contribution >= 0.6 is 0 Å². The smallest absolute Gasteiger partial charge is 0.282 e. The third-order valence-corrected chi connectivity index (χ3v) is 4.58. The molecular weight excluding hydrogens is 346 g/mol.